The van der Waals surface area contributed by atoms with Gasteiger partial charge >= 0.3 is 0 Å². The summed E-state index contributed by atoms with van der Waals surface area (Å²) in [7, 11) is 0. The van der Waals surface area contributed by atoms with E-state index in [9.17, 15) is 27.6 Å². The van der Waals surface area contributed by atoms with Gasteiger partial charge in [-0.3, -0.25) is 24.2 Å². The highest BCUT2D eigenvalue weighted by atomic mass is 35.5. The topological polar surface area (TPSA) is 95.5 Å². The van der Waals surface area contributed by atoms with Crippen molar-refractivity contribution in [3.63, 3.8) is 0 Å². The number of aromatic nitrogens is 2. The summed E-state index contributed by atoms with van der Waals surface area (Å²) in [5.74, 6) is -4.96. The standard InChI is InChI=1S/C29H27ClF3N5O3/c30-23-10-2-1-9-22(23)26(27(41)36-19-16-29(32,33)17-19)37(20-7-3-6-18(31)14-20)25(40)15-21-8-4-11-24(39)38(21)28-34-12-5-13-35-28/h1-3,5-7,9-10,12-14,19,21,26H,4,8,11,15-17H2,(H,36,41). The summed E-state index contributed by atoms with van der Waals surface area (Å²) >= 11 is 6.49. The van der Waals surface area contributed by atoms with E-state index in [4.69, 9.17) is 11.6 Å². The van der Waals surface area contributed by atoms with Gasteiger partial charge in [0.2, 0.25) is 23.7 Å². The van der Waals surface area contributed by atoms with Crippen LogP contribution in [0.5, 0.6) is 0 Å². The average molecular weight is 586 g/mol. The van der Waals surface area contributed by atoms with Gasteiger partial charge in [-0.15, -0.1) is 0 Å². The second kappa shape index (κ2) is 11.9. The number of halogens is 4. The van der Waals surface area contributed by atoms with E-state index < -0.39 is 54.5 Å². The monoisotopic (exact) mass is 585 g/mol. The molecule has 8 nitrogen and oxygen atoms in total. The molecule has 2 heterocycles. The van der Waals surface area contributed by atoms with Crippen molar-refractivity contribution in [1.82, 2.24) is 15.3 Å². The molecule has 2 fully saturated rings. The predicted octanol–water partition coefficient (Wildman–Crippen LogP) is 5.23. The lowest BCUT2D eigenvalue weighted by Gasteiger charge is -2.39. The Balaban J connectivity index is 1.53. The van der Waals surface area contributed by atoms with Gasteiger partial charge in [-0.2, -0.15) is 0 Å². The van der Waals surface area contributed by atoms with E-state index in [2.05, 4.69) is 15.3 Å². The van der Waals surface area contributed by atoms with Crippen LogP contribution < -0.4 is 15.1 Å². The van der Waals surface area contributed by atoms with Crippen molar-refractivity contribution in [3.05, 3.63) is 83.4 Å². The number of benzene rings is 2. The fourth-order valence-corrected chi connectivity index (χ4v) is 5.57. The zero-order chi connectivity index (χ0) is 29.1. The molecule has 5 rings (SSSR count). The Bertz CT molecular complexity index is 1440. The van der Waals surface area contributed by atoms with Crippen LogP contribution in [-0.2, 0) is 14.4 Å². The molecule has 0 radical (unpaired) electrons. The Labute approximate surface area is 239 Å². The zero-order valence-corrected chi connectivity index (χ0v) is 22.6. The number of nitrogens with one attached hydrogen (secondary N) is 1. The van der Waals surface area contributed by atoms with Gasteiger partial charge in [-0.1, -0.05) is 35.9 Å². The fourth-order valence-electron chi connectivity index (χ4n) is 5.33. The molecule has 3 aromatic rings. The molecule has 2 aliphatic rings. The van der Waals surface area contributed by atoms with E-state index in [0.717, 1.165) is 11.0 Å². The number of carbonyl (C=O) groups is 3. The minimum Gasteiger partial charge on any atom is -0.351 e. The third-order valence-corrected chi connectivity index (χ3v) is 7.58. The van der Waals surface area contributed by atoms with Crippen LogP contribution in [0.25, 0.3) is 0 Å². The van der Waals surface area contributed by atoms with Gasteiger partial charge in [0.05, 0.1) is 0 Å². The number of amides is 3. The molecule has 214 valence electrons. The van der Waals surface area contributed by atoms with Gasteiger partial charge in [0.15, 0.2) is 0 Å². The molecule has 0 spiro atoms. The molecule has 1 saturated heterocycles. The Kier molecular flexibility index (Phi) is 8.25. The Morgan fingerprint density at radius 1 is 1.10 bits per heavy atom. The van der Waals surface area contributed by atoms with E-state index in [1.165, 1.54) is 41.6 Å². The average Bonchev–Trinajstić information content (AvgIpc) is 2.91. The molecule has 2 aromatic carbocycles. The first-order chi connectivity index (χ1) is 19.6. The highest BCUT2D eigenvalue weighted by Gasteiger charge is 2.47. The van der Waals surface area contributed by atoms with E-state index in [-0.39, 0.29) is 41.0 Å². The van der Waals surface area contributed by atoms with E-state index >= 15 is 0 Å². The smallest absolute Gasteiger partial charge is 0.252 e. The number of piperidine rings is 1. The third-order valence-electron chi connectivity index (χ3n) is 7.24. The molecule has 2 unspecified atom stereocenters. The lowest BCUT2D eigenvalue weighted by atomic mass is 9.87. The summed E-state index contributed by atoms with van der Waals surface area (Å²) in [5.41, 5.74) is 0.303. The van der Waals surface area contributed by atoms with Crippen molar-refractivity contribution >= 4 is 41.0 Å². The van der Waals surface area contributed by atoms with Crippen LogP contribution in [0.4, 0.5) is 24.8 Å². The molecule has 12 heteroatoms. The Morgan fingerprint density at radius 3 is 2.51 bits per heavy atom. The first-order valence-corrected chi connectivity index (χ1v) is 13.6. The molecule has 1 aliphatic carbocycles. The number of carbonyl (C=O) groups excluding carboxylic acids is 3. The highest BCUT2D eigenvalue weighted by molar-refractivity contribution is 6.31. The molecule has 0 bridgehead atoms. The summed E-state index contributed by atoms with van der Waals surface area (Å²) in [6.45, 7) is 0. The molecular formula is C29H27ClF3N5O3. The van der Waals surface area contributed by atoms with Crippen molar-refractivity contribution in [2.45, 2.75) is 62.6 Å². The minimum absolute atomic E-state index is 0.0682. The van der Waals surface area contributed by atoms with Gasteiger partial charge < -0.3 is 5.32 Å². The number of alkyl halides is 2. The second-order valence-electron chi connectivity index (χ2n) is 10.2. The first kappa shape index (κ1) is 28.5. The molecular weight excluding hydrogens is 559 g/mol. The summed E-state index contributed by atoms with van der Waals surface area (Å²) in [6.07, 6.45) is 2.94. The second-order valence-corrected chi connectivity index (χ2v) is 10.6. The lowest BCUT2D eigenvalue weighted by molar-refractivity contribution is -0.133. The molecule has 1 saturated carbocycles. The van der Waals surface area contributed by atoms with Crippen molar-refractivity contribution in [2.24, 2.45) is 0 Å². The maximum absolute atomic E-state index is 14.5. The van der Waals surface area contributed by atoms with Crippen molar-refractivity contribution in [1.29, 1.82) is 0 Å². The first-order valence-electron chi connectivity index (χ1n) is 13.2. The molecule has 1 N–H and O–H groups in total. The SMILES string of the molecule is O=C(NC1CC(F)(F)C1)C(c1ccccc1Cl)N(C(=O)CC1CCCC(=O)N1c1ncccn1)c1cccc(F)c1. The summed E-state index contributed by atoms with van der Waals surface area (Å²) in [4.78, 5) is 51.7. The lowest BCUT2D eigenvalue weighted by Crippen LogP contribution is -2.54. The van der Waals surface area contributed by atoms with Crippen molar-refractivity contribution in [3.8, 4) is 0 Å². The molecule has 41 heavy (non-hydrogen) atoms. The summed E-state index contributed by atoms with van der Waals surface area (Å²) < 4.78 is 41.6. The number of hydrogen-bond acceptors (Lipinski definition) is 5. The van der Waals surface area contributed by atoms with E-state index in [1.807, 2.05) is 0 Å². The van der Waals surface area contributed by atoms with Gasteiger partial charge in [0.25, 0.3) is 5.92 Å². The van der Waals surface area contributed by atoms with Crippen LogP contribution in [0.3, 0.4) is 0 Å². The van der Waals surface area contributed by atoms with Crippen LogP contribution in [0.2, 0.25) is 5.02 Å². The highest BCUT2D eigenvalue weighted by Crippen LogP contribution is 2.39. The maximum atomic E-state index is 14.5. The Hall–Kier alpha value is -3.99. The molecule has 1 aliphatic heterocycles. The zero-order valence-electron chi connectivity index (χ0n) is 21.9. The van der Waals surface area contributed by atoms with Crippen LogP contribution in [-0.4, -0.2) is 45.7 Å². The van der Waals surface area contributed by atoms with Gasteiger partial charge in [-0.05, 0) is 43.2 Å². The van der Waals surface area contributed by atoms with Gasteiger partial charge in [-0.25, -0.2) is 23.1 Å². The Morgan fingerprint density at radius 2 is 1.83 bits per heavy atom. The van der Waals surface area contributed by atoms with Crippen LogP contribution in [0.1, 0.15) is 50.1 Å². The maximum Gasteiger partial charge on any atom is 0.252 e. The van der Waals surface area contributed by atoms with E-state index in [1.54, 1.807) is 24.3 Å². The largest absolute Gasteiger partial charge is 0.351 e. The van der Waals surface area contributed by atoms with E-state index in [0.29, 0.717) is 12.8 Å². The summed E-state index contributed by atoms with van der Waals surface area (Å²) in [5, 5.41) is 2.77. The minimum atomic E-state index is -2.88. The van der Waals surface area contributed by atoms with Gasteiger partial charge in [0.1, 0.15) is 11.9 Å². The quantitative estimate of drug-likeness (QED) is 0.390. The molecule has 3 amide bonds. The molecule has 1 aromatic heterocycles. The number of hydrogen-bond donors (Lipinski definition) is 1. The predicted molar refractivity (Wildman–Crippen MR) is 146 cm³/mol. The molecule has 2 atom stereocenters. The third kappa shape index (κ3) is 6.35. The van der Waals surface area contributed by atoms with Crippen LogP contribution in [0.15, 0.2) is 67.0 Å². The normalized spacial score (nSPS) is 19.3. The van der Waals surface area contributed by atoms with Crippen LogP contribution in [0, 0.1) is 5.82 Å². The summed E-state index contributed by atoms with van der Waals surface area (Å²) in [6, 6.07) is 10.3. The number of nitrogens with zero attached hydrogens (tertiary/aromatic N) is 4. The fraction of sp³-hybridized carbons (Fsp3) is 0.345. The number of anilines is 2. The van der Waals surface area contributed by atoms with Crippen LogP contribution >= 0.6 is 11.6 Å². The van der Waals surface area contributed by atoms with Crippen molar-refractivity contribution in [2.75, 3.05) is 9.80 Å². The van der Waals surface area contributed by atoms with Gasteiger partial charge in [0, 0.05) is 66.4 Å². The number of rotatable bonds is 8. The van der Waals surface area contributed by atoms with Crippen molar-refractivity contribution < 1.29 is 27.6 Å².